The molecule has 0 aromatic carbocycles. The normalized spacial score (nSPS) is 5.80. The van der Waals surface area contributed by atoms with Gasteiger partial charge in [0, 0.05) is 66.5 Å². The Morgan fingerprint density at radius 2 is 0.900 bits per heavy atom. The standard InChI is InChI=1S/2Co.Li.Mn.2Ni.2H2O.2O.H/h;;;;;;2*1H2;;;/q;;;+2;;;;;;;/p-2. The SMILES string of the molecule is [Co].[Co].[LiH].[Ni].[Ni].[O]=[Mn](=[O])([OH])[OH]. The van der Waals surface area contributed by atoms with Crippen molar-refractivity contribution >= 4 is 18.9 Å². The van der Waals surface area contributed by atoms with Gasteiger partial charge >= 0.3 is 48.3 Å². The van der Waals surface area contributed by atoms with Crippen LogP contribution in [0.1, 0.15) is 0 Å². The monoisotopic (exact) mass is 363 g/mol. The Morgan fingerprint density at radius 1 is 0.900 bits per heavy atom. The Bertz CT molecular complexity index is 104. The number of hydrogen-bond donors (Lipinski definition) is 2. The van der Waals surface area contributed by atoms with Crippen molar-refractivity contribution < 1.29 is 96.0 Å². The topological polar surface area (TPSA) is 74.6 Å². The van der Waals surface area contributed by atoms with Crippen LogP contribution >= 0.6 is 0 Å². The molecule has 0 aliphatic rings. The summed E-state index contributed by atoms with van der Waals surface area (Å²) < 4.78 is 31.8. The summed E-state index contributed by atoms with van der Waals surface area (Å²) in [4.78, 5) is 0. The molecular formula is H3Co2LiMnNi2O4. The van der Waals surface area contributed by atoms with Crippen LogP contribution in [-0.4, -0.2) is 27.2 Å². The van der Waals surface area contributed by atoms with E-state index in [1.54, 1.807) is 0 Å². The summed E-state index contributed by atoms with van der Waals surface area (Å²) in [6.45, 7) is 0. The van der Waals surface area contributed by atoms with Crippen LogP contribution in [0.4, 0.5) is 0 Å². The fourth-order valence-corrected chi connectivity index (χ4v) is 0. The van der Waals surface area contributed by atoms with Crippen LogP contribution in [0.3, 0.4) is 0 Å². The molecule has 0 aromatic rings. The minimum absolute atomic E-state index is 0. The summed E-state index contributed by atoms with van der Waals surface area (Å²) in [5, 5.41) is 0. The van der Waals surface area contributed by atoms with Crippen LogP contribution in [0.5, 0.6) is 0 Å². The molecule has 0 saturated heterocycles. The van der Waals surface area contributed by atoms with E-state index in [1.807, 2.05) is 0 Å². The molecule has 10 heteroatoms. The molecule has 4 nitrogen and oxygen atoms in total. The van der Waals surface area contributed by atoms with Crippen molar-refractivity contribution in [1.29, 1.82) is 0 Å². The van der Waals surface area contributed by atoms with E-state index in [9.17, 15) is 0 Å². The molecule has 0 saturated carbocycles. The van der Waals surface area contributed by atoms with Crippen LogP contribution in [0.25, 0.3) is 0 Å². The second kappa shape index (κ2) is 17.7. The van der Waals surface area contributed by atoms with Gasteiger partial charge in [0.25, 0.3) is 0 Å². The van der Waals surface area contributed by atoms with E-state index in [0.29, 0.717) is 0 Å². The zero-order valence-electron chi connectivity index (χ0n) is 3.39. The van der Waals surface area contributed by atoms with Crippen molar-refractivity contribution in [2.24, 2.45) is 0 Å². The Hall–Kier alpha value is 2.64. The molecule has 0 atom stereocenters. The molecule has 0 aliphatic heterocycles. The summed E-state index contributed by atoms with van der Waals surface area (Å²) in [7, 11) is 0. The van der Waals surface area contributed by atoms with Crippen molar-refractivity contribution in [3.05, 3.63) is 0 Å². The van der Waals surface area contributed by atoms with Crippen molar-refractivity contribution in [2.75, 3.05) is 0 Å². The van der Waals surface area contributed by atoms with Gasteiger partial charge in [-0.3, -0.25) is 0 Å². The van der Waals surface area contributed by atoms with Crippen LogP contribution in [0.2, 0.25) is 0 Å². The third-order valence-corrected chi connectivity index (χ3v) is 0. The van der Waals surface area contributed by atoms with Crippen molar-refractivity contribution in [2.45, 2.75) is 0 Å². The van der Waals surface area contributed by atoms with Crippen LogP contribution in [0, 0.1) is 0 Å². The molecule has 2 radical (unpaired) electrons. The first kappa shape index (κ1) is 38.8. The average molecular weight is 364 g/mol. The van der Waals surface area contributed by atoms with Gasteiger partial charge in [-0.1, -0.05) is 0 Å². The van der Waals surface area contributed by atoms with Gasteiger partial charge in [-0.05, 0) is 0 Å². The van der Waals surface area contributed by atoms with Gasteiger partial charge in [-0.25, -0.2) is 0 Å². The molecule has 0 heterocycles. The maximum absolute atomic E-state index is 8.80. The van der Waals surface area contributed by atoms with E-state index >= 15 is 0 Å². The fourth-order valence-electron chi connectivity index (χ4n) is 0. The Balaban J connectivity index is -0.00000000800. The number of rotatable bonds is 0. The quantitative estimate of drug-likeness (QED) is 0.487. The summed E-state index contributed by atoms with van der Waals surface area (Å²) >= 11 is -5.12. The van der Waals surface area contributed by atoms with Crippen molar-refractivity contribution in [3.63, 3.8) is 0 Å². The fraction of sp³-hybridized carbons (Fsp3) is 0. The van der Waals surface area contributed by atoms with Crippen molar-refractivity contribution in [1.82, 2.24) is 0 Å². The van der Waals surface area contributed by atoms with Gasteiger partial charge in [0.2, 0.25) is 0 Å². The molecule has 0 fully saturated rings. The van der Waals surface area contributed by atoms with E-state index < -0.39 is 13.4 Å². The molecule has 0 amide bonds. The van der Waals surface area contributed by atoms with Gasteiger partial charge in [0.1, 0.15) is 0 Å². The Labute approximate surface area is 113 Å². The van der Waals surface area contributed by atoms with Gasteiger partial charge in [-0.2, -0.15) is 0 Å². The van der Waals surface area contributed by atoms with Gasteiger partial charge in [-0.15, -0.1) is 0 Å². The minimum atomic E-state index is -5.12. The van der Waals surface area contributed by atoms with E-state index in [-0.39, 0.29) is 85.4 Å². The van der Waals surface area contributed by atoms with Crippen molar-refractivity contribution in [3.8, 4) is 0 Å². The Morgan fingerprint density at radius 3 is 0.900 bits per heavy atom. The summed E-state index contributed by atoms with van der Waals surface area (Å²) in [5.74, 6) is 0. The molecule has 0 aliphatic carbocycles. The van der Waals surface area contributed by atoms with Crippen LogP contribution < -0.4 is 0 Å². The van der Waals surface area contributed by atoms with Gasteiger partial charge in [0.05, 0.1) is 0 Å². The van der Waals surface area contributed by atoms with Gasteiger partial charge < -0.3 is 0 Å². The molecule has 0 rings (SSSR count). The first-order valence-corrected chi connectivity index (χ1v) is 2.67. The first-order valence-electron chi connectivity index (χ1n) is 0.647. The summed E-state index contributed by atoms with van der Waals surface area (Å²) in [5.41, 5.74) is 0. The summed E-state index contributed by atoms with van der Waals surface area (Å²) in [6, 6.07) is 0. The molecule has 2 N–H and O–H groups in total. The molecule has 0 spiro atoms. The van der Waals surface area contributed by atoms with E-state index in [1.165, 1.54) is 0 Å². The van der Waals surface area contributed by atoms with Crippen LogP contribution in [-0.2, 0) is 87.6 Å². The predicted octanol–water partition coefficient (Wildman–Crippen LogP) is -2.01. The second-order valence-electron chi connectivity index (χ2n) is 0.415. The van der Waals surface area contributed by atoms with E-state index in [2.05, 4.69) is 0 Å². The molecule has 10 heavy (non-hydrogen) atoms. The second-order valence-corrected chi connectivity index (χ2v) is 1.71. The van der Waals surface area contributed by atoms with E-state index in [4.69, 9.17) is 16.0 Å². The number of hydrogen-bond acceptors (Lipinski definition) is 2. The van der Waals surface area contributed by atoms with Crippen LogP contribution in [0.15, 0.2) is 0 Å². The first-order chi connectivity index (χ1) is 2.00. The zero-order valence-corrected chi connectivity index (χ0v) is 8.63. The molecular weight excluding hydrogens is 361 g/mol. The zero-order chi connectivity index (χ0) is 4.50. The van der Waals surface area contributed by atoms with E-state index in [0.717, 1.165) is 0 Å². The third kappa shape index (κ3) is 142. The predicted molar refractivity (Wildman–Crippen MR) is 13.0 cm³/mol. The molecule has 0 unspecified atom stereocenters. The summed E-state index contributed by atoms with van der Waals surface area (Å²) in [6.07, 6.45) is 0. The molecule has 73 valence electrons. The average Bonchev–Trinajstić information content (AvgIpc) is 0.722. The molecule has 0 bridgehead atoms. The van der Waals surface area contributed by atoms with Gasteiger partial charge in [0.15, 0.2) is 0 Å². The molecule has 0 aromatic heterocycles. The maximum atomic E-state index is 8.80. The third-order valence-electron chi connectivity index (χ3n) is 0. The Kier molecular flexibility index (Phi) is 68.6.